The molecule has 3 atom stereocenters. The van der Waals surface area contributed by atoms with Crippen LogP contribution >= 0.6 is 0 Å². The highest BCUT2D eigenvalue weighted by Crippen LogP contribution is 2.41. The Balaban J connectivity index is 1.54. The summed E-state index contributed by atoms with van der Waals surface area (Å²) in [5.74, 6) is 0.997. The molecule has 1 aliphatic heterocycles. The topological polar surface area (TPSA) is 45.2 Å². The molecule has 2 bridgehead atoms. The summed E-state index contributed by atoms with van der Waals surface area (Å²) in [5.41, 5.74) is 3.33. The smallest absolute Gasteiger partial charge is 0.321 e. The molecule has 2 aliphatic rings. The van der Waals surface area contributed by atoms with Gasteiger partial charge in [-0.3, -0.25) is 4.98 Å². The summed E-state index contributed by atoms with van der Waals surface area (Å²) in [4.78, 5) is 18.5. The zero-order valence-electron chi connectivity index (χ0n) is 14.5. The molecular formula is C20H22FN3O. The third-order valence-corrected chi connectivity index (χ3v) is 5.66. The Morgan fingerprint density at radius 1 is 1.28 bits per heavy atom. The van der Waals surface area contributed by atoms with E-state index in [1.165, 1.54) is 12.3 Å². The van der Waals surface area contributed by atoms with Gasteiger partial charge in [-0.05, 0) is 60.9 Å². The maximum Gasteiger partial charge on any atom is 0.322 e. The van der Waals surface area contributed by atoms with E-state index < -0.39 is 0 Å². The third-order valence-electron chi connectivity index (χ3n) is 5.66. The van der Waals surface area contributed by atoms with Gasteiger partial charge in [0.15, 0.2) is 0 Å². The molecule has 4 nitrogen and oxygen atoms in total. The van der Waals surface area contributed by atoms with Crippen molar-refractivity contribution in [1.82, 2.24) is 9.88 Å². The van der Waals surface area contributed by atoms with Crippen molar-refractivity contribution in [2.75, 3.05) is 11.9 Å². The Labute approximate surface area is 147 Å². The molecule has 1 saturated heterocycles. The number of rotatable bonds is 2. The fourth-order valence-electron chi connectivity index (χ4n) is 4.22. The lowest BCUT2D eigenvalue weighted by atomic mass is 9.97. The minimum atomic E-state index is -0.367. The van der Waals surface area contributed by atoms with Gasteiger partial charge in [0.1, 0.15) is 5.82 Å². The van der Waals surface area contributed by atoms with Crippen molar-refractivity contribution < 1.29 is 9.18 Å². The van der Waals surface area contributed by atoms with Crippen LogP contribution < -0.4 is 5.32 Å². The standard InChI is InChI=1S/C20H22FN3O/c1-12-3-4-17(8-19(12)14-6-16(21)10-22-9-14)23-20(25)24-11-15-7-18(24)5-13(15)2/h3-4,6,8-10,13,15,18H,5,7,11H2,1-2H3,(H,23,25)/t13-,15?,18?/m0/s1. The molecule has 2 fully saturated rings. The molecule has 1 aromatic heterocycles. The highest BCUT2D eigenvalue weighted by Gasteiger charge is 2.44. The number of hydrogen-bond donors (Lipinski definition) is 1. The van der Waals surface area contributed by atoms with Gasteiger partial charge >= 0.3 is 6.03 Å². The van der Waals surface area contributed by atoms with Crippen LogP contribution in [0.5, 0.6) is 0 Å². The molecule has 1 aliphatic carbocycles. The largest absolute Gasteiger partial charge is 0.322 e. The molecule has 2 heterocycles. The Morgan fingerprint density at radius 3 is 2.80 bits per heavy atom. The summed E-state index contributed by atoms with van der Waals surface area (Å²) in [6, 6.07) is 7.51. The van der Waals surface area contributed by atoms with Crippen molar-refractivity contribution >= 4 is 11.7 Å². The van der Waals surface area contributed by atoms with E-state index >= 15 is 0 Å². The van der Waals surface area contributed by atoms with Gasteiger partial charge in [-0.15, -0.1) is 0 Å². The first-order valence-electron chi connectivity index (χ1n) is 8.80. The van der Waals surface area contributed by atoms with Crippen LogP contribution in [-0.4, -0.2) is 28.5 Å². The number of carbonyl (C=O) groups excluding carboxylic acids is 1. The number of carbonyl (C=O) groups is 1. The fraction of sp³-hybridized carbons (Fsp3) is 0.400. The van der Waals surface area contributed by atoms with Crippen LogP contribution in [0.25, 0.3) is 11.1 Å². The van der Waals surface area contributed by atoms with Gasteiger partial charge < -0.3 is 10.2 Å². The Morgan fingerprint density at radius 2 is 2.12 bits per heavy atom. The molecule has 1 saturated carbocycles. The zero-order valence-corrected chi connectivity index (χ0v) is 14.5. The maximum absolute atomic E-state index is 13.5. The van der Waals surface area contributed by atoms with Gasteiger partial charge in [0, 0.05) is 30.0 Å². The molecule has 2 aromatic rings. The highest BCUT2D eigenvalue weighted by molar-refractivity contribution is 5.91. The van der Waals surface area contributed by atoms with Crippen LogP contribution in [0.4, 0.5) is 14.9 Å². The van der Waals surface area contributed by atoms with E-state index in [-0.39, 0.29) is 11.8 Å². The molecule has 4 rings (SSSR count). The van der Waals surface area contributed by atoms with E-state index in [0.717, 1.165) is 42.1 Å². The number of anilines is 1. The van der Waals surface area contributed by atoms with Crippen LogP contribution in [0.2, 0.25) is 0 Å². The van der Waals surface area contributed by atoms with Crippen LogP contribution in [0.15, 0.2) is 36.7 Å². The summed E-state index contributed by atoms with van der Waals surface area (Å²) >= 11 is 0. The summed E-state index contributed by atoms with van der Waals surface area (Å²) < 4.78 is 13.5. The number of fused-ring (bicyclic) bond motifs is 2. The van der Waals surface area contributed by atoms with E-state index in [4.69, 9.17) is 0 Å². The van der Waals surface area contributed by atoms with E-state index in [2.05, 4.69) is 17.2 Å². The van der Waals surface area contributed by atoms with Crippen LogP contribution in [-0.2, 0) is 0 Å². The number of hydrogen-bond acceptors (Lipinski definition) is 2. The molecule has 25 heavy (non-hydrogen) atoms. The first kappa shape index (κ1) is 16.1. The molecular weight excluding hydrogens is 317 g/mol. The van der Waals surface area contributed by atoms with Crippen molar-refractivity contribution in [2.45, 2.75) is 32.7 Å². The lowest BCUT2D eigenvalue weighted by Gasteiger charge is -2.30. The van der Waals surface area contributed by atoms with Crippen molar-refractivity contribution in [1.29, 1.82) is 0 Å². The van der Waals surface area contributed by atoms with Crippen molar-refractivity contribution in [3.8, 4) is 11.1 Å². The summed E-state index contributed by atoms with van der Waals surface area (Å²) in [6.07, 6.45) is 5.06. The average Bonchev–Trinajstić information content (AvgIpc) is 3.16. The van der Waals surface area contributed by atoms with E-state index in [9.17, 15) is 9.18 Å². The number of urea groups is 1. The molecule has 130 valence electrons. The van der Waals surface area contributed by atoms with Crippen LogP contribution in [0, 0.1) is 24.6 Å². The molecule has 1 aromatic carbocycles. The first-order chi connectivity index (χ1) is 12.0. The quantitative estimate of drug-likeness (QED) is 0.878. The second kappa shape index (κ2) is 6.14. The Hall–Kier alpha value is -2.43. The van der Waals surface area contributed by atoms with Gasteiger partial charge in [0.2, 0.25) is 0 Å². The summed E-state index contributed by atoms with van der Waals surface area (Å²) in [6.45, 7) is 5.09. The Bertz CT molecular complexity index is 820. The number of amides is 2. The van der Waals surface area contributed by atoms with Crippen LogP contribution in [0.3, 0.4) is 0 Å². The predicted molar refractivity (Wildman–Crippen MR) is 95.8 cm³/mol. The maximum atomic E-state index is 13.5. The lowest BCUT2D eigenvalue weighted by Crippen LogP contribution is -2.42. The SMILES string of the molecule is Cc1ccc(NC(=O)N2CC3CC2C[C@@H]3C)cc1-c1cncc(F)c1. The number of nitrogens with zero attached hydrogens (tertiary/aromatic N) is 2. The predicted octanol–water partition coefficient (Wildman–Crippen LogP) is 4.46. The number of halogens is 1. The van der Waals surface area contributed by atoms with Gasteiger partial charge in [-0.1, -0.05) is 13.0 Å². The van der Waals surface area contributed by atoms with E-state index in [1.54, 1.807) is 6.20 Å². The highest BCUT2D eigenvalue weighted by atomic mass is 19.1. The number of benzene rings is 1. The van der Waals surface area contributed by atoms with Crippen molar-refractivity contribution in [2.24, 2.45) is 11.8 Å². The summed E-state index contributed by atoms with van der Waals surface area (Å²) in [5, 5.41) is 3.01. The second-order valence-corrected chi connectivity index (χ2v) is 7.37. The molecule has 1 N–H and O–H groups in total. The van der Waals surface area contributed by atoms with Gasteiger partial charge in [-0.25, -0.2) is 9.18 Å². The number of pyridine rings is 1. The third kappa shape index (κ3) is 2.99. The number of nitrogens with one attached hydrogen (secondary N) is 1. The molecule has 5 heteroatoms. The molecule has 0 radical (unpaired) electrons. The molecule has 2 amide bonds. The number of likely N-dealkylation sites (tertiary alicyclic amines) is 1. The second-order valence-electron chi connectivity index (χ2n) is 7.37. The Kier molecular flexibility index (Phi) is 3.94. The van der Waals surface area contributed by atoms with Crippen LogP contribution in [0.1, 0.15) is 25.3 Å². The monoisotopic (exact) mass is 339 g/mol. The minimum Gasteiger partial charge on any atom is -0.321 e. The van der Waals surface area contributed by atoms with Crippen molar-refractivity contribution in [3.05, 3.63) is 48.0 Å². The molecule has 2 unspecified atom stereocenters. The lowest BCUT2D eigenvalue weighted by molar-refractivity contribution is 0.181. The summed E-state index contributed by atoms with van der Waals surface area (Å²) in [7, 11) is 0. The normalized spacial score (nSPS) is 24.6. The average molecular weight is 339 g/mol. The molecule has 0 spiro atoms. The number of piperidine rings is 1. The van der Waals surface area contributed by atoms with Gasteiger partial charge in [0.25, 0.3) is 0 Å². The number of aromatic nitrogens is 1. The fourth-order valence-corrected chi connectivity index (χ4v) is 4.22. The number of aryl methyl sites for hydroxylation is 1. The zero-order chi connectivity index (χ0) is 17.6. The van der Waals surface area contributed by atoms with Gasteiger partial charge in [-0.2, -0.15) is 0 Å². The first-order valence-corrected chi connectivity index (χ1v) is 8.80. The van der Waals surface area contributed by atoms with E-state index in [0.29, 0.717) is 17.5 Å². The van der Waals surface area contributed by atoms with E-state index in [1.807, 2.05) is 30.0 Å². The minimum absolute atomic E-state index is 0.0356. The van der Waals surface area contributed by atoms with Crippen molar-refractivity contribution in [3.63, 3.8) is 0 Å². The van der Waals surface area contributed by atoms with Gasteiger partial charge in [0.05, 0.1) is 6.20 Å².